The van der Waals surface area contributed by atoms with E-state index in [1.54, 1.807) is 4.90 Å². The van der Waals surface area contributed by atoms with Gasteiger partial charge < -0.3 is 15.0 Å². The number of carbonyl (C=O) groups excluding carboxylic acids is 1. The van der Waals surface area contributed by atoms with Crippen LogP contribution in [0, 0.1) is 22.0 Å². The van der Waals surface area contributed by atoms with Crippen molar-refractivity contribution in [1.82, 2.24) is 19.2 Å². The second-order valence-corrected chi connectivity index (χ2v) is 12.1. The highest BCUT2D eigenvalue weighted by Gasteiger charge is 2.37. The molecule has 1 aliphatic heterocycles. The molecule has 10 nitrogen and oxygen atoms in total. The van der Waals surface area contributed by atoms with Gasteiger partial charge >= 0.3 is 5.95 Å². The highest BCUT2D eigenvalue weighted by molar-refractivity contribution is 7.89. The van der Waals surface area contributed by atoms with Crippen molar-refractivity contribution >= 4 is 56.7 Å². The van der Waals surface area contributed by atoms with Crippen molar-refractivity contribution in [2.45, 2.75) is 56.0 Å². The summed E-state index contributed by atoms with van der Waals surface area (Å²) in [6.07, 6.45) is 8.04. The summed E-state index contributed by atoms with van der Waals surface area (Å²) in [6, 6.07) is 1.31. The molecule has 3 atom stereocenters. The number of likely N-dealkylation sites (tertiary alicyclic amines) is 1. The van der Waals surface area contributed by atoms with E-state index in [-0.39, 0.29) is 38.8 Å². The third kappa shape index (κ3) is 5.96. The Morgan fingerprint density at radius 1 is 1.17 bits per heavy atom. The summed E-state index contributed by atoms with van der Waals surface area (Å²) in [5.74, 6) is 0.198. The molecule has 1 amide bonds. The summed E-state index contributed by atoms with van der Waals surface area (Å²) in [6.45, 7) is 1.10. The fourth-order valence-corrected chi connectivity index (χ4v) is 7.97. The second kappa shape index (κ2) is 11.2. The minimum Gasteiger partial charge on any atom is -0.390 e. The predicted octanol–water partition coefficient (Wildman–Crippen LogP) is 4.53. The normalized spacial score (nSPS) is 21.1. The third-order valence-electron chi connectivity index (χ3n) is 6.95. The van der Waals surface area contributed by atoms with Crippen LogP contribution >= 0.6 is 34.8 Å². The molecule has 0 bridgehead atoms. The number of nitro groups is 1. The first-order valence-electron chi connectivity index (χ1n) is 11.7. The van der Waals surface area contributed by atoms with Crippen molar-refractivity contribution in [3.8, 4) is 0 Å². The summed E-state index contributed by atoms with van der Waals surface area (Å²) in [5, 5.41) is 11.1. The smallest absolute Gasteiger partial charge is 0.390 e. The Hall–Kier alpha value is -1.92. The van der Waals surface area contributed by atoms with Gasteiger partial charge in [0.2, 0.25) is 15.9 Å². The van der Waals surface area contributed by atoms with Crippen molar-refractivity contribution in [3.63, 3.8) is 0 Å². The summed E-state index contributed by atoms with van der Waals surface area (Å²) < 4.78 is 30.4. The number of imidazole rings is 1. The summed E-state index contributed by atoms with van der Waals surface area (Å²) in [7, 11) is -4.34. The van der Waals surface area contributed by atoms with Gasteiger partial charge in [-0.3, -0.25) is 4.79 Å². The third-order valence-corrected chi connectivity index (χ3v) is 9.56. The molecule has 196 valence electrons. The average molecular weight is 579 g/mol. The molecular formula is C22H26Cl3N5O5S. The molecule has 0 spiro atoms. The van der Waals surface area contributed by atoms with Gasteiger partial charge in [-0.15, -0.1) is 0 Å². The summed E-state index contributed by atoms with van der Waals surface area (Å²) in [4.78, 5) is 29.3. The van der Waals surface area contributed by atoms with Crippen LogP contribution in [0.25, 0.3) is 0 Å². The first-order valence-corrected chi connectivity index (χ1v) is 14.3. The van der Waals surface area contributed by atoms with Gasteiger partial charge in [-0.1, -0.05) is 59.0 Å². The standard InChI is InChI=1S/C22H26Cl3N5O5S/c23-16-11-17(24)20(18(25)12-16)36(34,35)27-19(6-9-28-10-7-26-22(28)30(32)33)21(31)29-8-5-14-3-1-2-4-15(14)13-29/h7,10-12,14-15,19,27H,1-6,8-9,13H2/t14-,15+,19?/m1/s1. The summed E-state index contributed by atoms with van der Waals surface area (Å²) in [5.41, 5.74) is 0. The average Bonchev–Trinajstić information content (AvgIpc) is 3.29. The largest absolute Gasteiger partial charge is 0.434 e. The predicted molar refractivity (Wildman–Crippen MR) is 136 cm³/mol. The Morgan fingerprint density at radius 3 is 2.50 bits per heavy atom. The van der Waals surface area contributed by atoms with Crippen LogP contribution in [0.3, 0.4) is 0 Å². The van der Waals surface area contributed by atoms with E-state index in [1.165, 1.54) is 35.5 Å². The Morgan fingerprint density at radius 2 is 1.83 bits per heavy atom. The van der Waals surface area contributed by atoms with E-state index in [9.17, 15) is 23.3 Å². The molecule has 1 saturated carbocycles. The fourth-order valence-electron chi connectivity index (χ4n) is 5.20. The minimum atomic E-state index is -4.34. The molecule has 1 saturated heterocycles. The van der Waals surface area contributed by atoms with Crippen molar-refractivity contribution in [1.29, 1.82) is 0 Å². The number of piperidine rings is 1. The quantitative estimate of drug-likeness (QED) is 0.362. The maximum atomic E-state index is 13.6. The lowest BCUT2D eigenvalue weighted by molar-refractivity contribution is -0.396. The number of carbonyl (C=O) groups is 1. The van der Waals surface area contributed by atoms with Gasteiger partial charge in [-0.05, 0) is 41.7 Å². The van der Waals surface area contributed by atoms with E-state index in [1.807, 2.05) is 0 Å². The zero-order valence-electron chi connectivity index (χ0n) is 19.3. The first-order chi connectivity index (χ1) is 17.1. The number of aryl methyl sites for hydroxylation is 1. The molecule has 36 heavy (non-hydrogen) atoms. The molecule has 2 heterocycles. The number of sulfonamides is 1. The van der Waals surface area contributed by atoms with Crippen LogP contribution in [-0.4, -0.2) is 52.8 Å². The van der Waals surface area contributed by atoms with Gasteiger partial charge in [0.05, 0.1) is 16.6 Å². The van der Waals surface area contributed by atoms with Gasteiger partial charge in [-0.25, -0.2) is 13.0 Å². The lowest BCUT2D eigenvalue weighted by Gasteiger charge is -2.42. The number of rotatable bonds is 8. The van der Waals surface area contributed by atoms with Crippen molar-refractivity contribution in [3.05, 3.63) is 49.7 Å². The molecule has 2 aromatic rings. The Kier molecular flexibility index (Phi) is 8.45. The number of aromatic nitrogens is 2. The van der Waals surface area contributed by atoms with Crippen LogP contribution in [0.1, 0.15) is 38.5 Å². The van der Waals surface area contributed by atoms with Crippen LogP contribution in [0.15, 0.2) is 29.4 Å². The van der Waals surface area contributed by atoms with Gasteiger partial charge in [0, 0.05) is 24.5 Å². The number of fused-ring (bicyclic) bond motifs is 1. The van der Waals surface area contributed by atoms with Gasteiger partial charge in [0.15, 0.2) is 0 Å². The molecule has 2 aliphatic rings. The summed E-state index contributed by atoms with van der Waals surface area (Å²) >= 11 is 18.2. The van der Waals surface area contributed by atoms with Crippen LogP contribution in [-0.2, 0) is 21.4 Å². The number of amides is 1. The highest BCUT2D eigenvalue weighted by atomic mass is 35.5. The lowest BCUT2D eigenvalue weighted by Crippen LogP contribution is -2.53. The lowest BCUT2D eigenvalue weighted by atomic mass is 9.75. The SMILES string of the molecule is O=C(C(CCn1ccnc1[N+](=O)[O-])NS(=O)(=O)c1c(Cl)cc(Cl)cc1Cl)N1CC[C@H]2CCCC[C@H]2C1. The number of benzene rings is 1. The van der Waals surface area contributed by atoms with E-state index in [2.05, 4.69) is 9.71 Å². The van der Waals surface area contributed by atoms with Crippen LogP contribution < -0.4 is 4.72 Å². The van der Waals surface area contributed by atoms with Crippen LogP contribution in [0.2, 0.25) is 15.1 Å². The number of hydrogen-bond acceptors (Lipinski definition) is 6. The Bertz CT molecular complexity index is 1230. The molecule has 2 fully saturated rings. The molecule has 1 aromatic heterocycles. The number of nitrogens with zero attached hydrogens (tertiary/aromatic N) is 4. The molecule has 0 radical (unpaired) electrons. The van der Waals surface area contributed by atoms with E-state index in [0.717, 1.165) is 25.7 Å². The molecule has 1 unspecified atom stereocenters. The highest BCUT2D eigenvalue weighted by Crippen LogP contribution is 2.37. The molecule has 4 rings (SSSR count). The maximum Gasteiger partial charge on any atom is 0.434 e. The van der Waals surface area contributed by atoms with Crippen LogP contribution in [0.4, 0.5) is 5.95 Å². The Balaban J connectivity index is 1.59. The van der Waals surface area contributed by atoms with Crippen molar-refractivity contribution in [2.24, 2.45) is 11.8 Å². The molecular weight excluding hydrogens is 553 g/mol. The van der Waals surface area contributed by atoms with Gasteiger partial charge in [0.1, 0.15) is 23.3 Å². The van der Waals surface area contributed by atoms with Crippen molar-refractivity contribution in [2.75, 3.05) is 13.1 Å². The van der Waals surface area contributed by atoms with Crippen molar-refractivity contribution < 1.29 is 18.1 Å². The molecule has 1 aromatic carbocycles. The maximum absolute atomic E-state index is 13.6. The zero-order valence-corrected chi connectivity index (χ0v) is 22.4. The van der Waals surface area contributed by atoms with E-state index in [4.69, 9.17) is 34.8 Å². The minimum absolute atomic E-state index is 0.00276. The van der Waals surface area contributed by atoms with E-state index in [0.29, 0.717) is 24.9 Å². The van der Waals surface area contributed by atoms with E-state index < -0.39 is 26.9 Å². The van der Waals surface area contributed by atoms with Crippen LogP contribution in [0.5, 0.6) is 0 Å². The monoisotopic (exact) mass is 577 g/mol. The van der Waals surface area contributed by atoms with E-state index >= 15 is 0 Å². The van der Waals surface area contributed by atoms with Gasteiger partial charge in [0.25, 0.3) is 0 Å². The number of hydrogen-bond donors (Lipinski definition) is 1. The fraction of sp³-hybridized carbons (Fsp3) is 0.545. The first kappa shape index (κ1) is 27.1. The molecule has 14 heteroatoms. The topological polar surface area (TPSA) is 127 Å². The van der Waals surface area contributed by atoms with Gasteiger partial charge in [-0.2, -0.15) is 4.72 Å². The number of nitrogens with one attached hydrogen (secondary N) is 1. The number of halogens is 3. The zero-order chi connectivity index (χ0) is 26.0. The second-order valence-electron chi connectivity index (χ2n) is 9.22. The molecule has 1 N–H and O–H groups in total. The molecule has 1 aliphatic carbocycles. The Labute approximate surface area is 224 Å².